The topological polar surface area (TPSA) is 57.2 Å². The van der Waals surface area contributed by atoms with Crippen LogP contribution in [0.2, 0.25) is 0 Å². The Hall–Kier alpha value is -0.570. The fraction of sp³-hybridized carbons (Fsp3) is 0.833. The van der Waals surface area contributed by atoms with Crippen LogP contribution in [0.15, 0.2) is 0 Å². The zero-order valence-corrected chi connectivity index (χ0v) is 5.92. The molecule has 1 amide bonds. The normalized spacial score (nSPS) is 9.78. The molecule has 53 valence electrons. The molecule has 0 aromatic rings. The van der Waals surface area contributed by atoms with E-state index >= 15 is 0 Å². The minimum atomic E-state index is -0.0551. The molecule has 0 aliphatic heterocycles. The lowest BCUT2D eigenvalue weighted by Crippen LogP contribution is -2.25. The van der Waals surface area contributed by atoms with Gasteiger partial charge < -0.3 is 5.73 Å². The first-order chi connectivity index (χ1) is 4.18. The highest BCUT2D eigenvalue weighted by molar-refractivity contribution is 5.77. The van der Waals surface area contributed by atoms with Crippen molar-refractivity contribution >= 4 is 5.91 Å². The zero-order chi connectivity index (χ0) is 7.28. The number of nitrogens with zero attached hydrogens (tertiary/aromatic N) is 1. The van der Waals surface area contributed by atoms with Gasteiger partial charge in [-0.05, 0) is 0 Å². The van der Waals surface area contributed by atoms with Gasteiger partial charge >= 0.3 is 0 Å². The molecule has 0 aromatic heterocycles. The lowest BCUT2D eigenvalue weighted by Gasteiger charge is -2.01. The molecule has 0 heterocycles. The zero-order valence-electron chi connectivity index (χ0n) is 5.92. The van der Waals surface area contributed by atoms with Crippen molar-refractivity contribution in [3.63, 3.8) is 0 Å². The van der Waals surface area contributed by atoms with Crippen molar-refractivity contribution in [1.29, 1.82) is 0 Å². The van der Waals surface area contributed by atoms with Gasteiger partial charge in [-0.3, -0.25) is 4.79 Å². The molecule has 0 rings (SSSR count). The first kappa shape index (κ1) is 8.43. The summed E-state index contributed by atoms with van der Waals surface area (Å²) >= 11 is 0. The van der Waals surface area contributed by atoms with Crippen molar-refractivity contribution in [2.75, 3.05) is 13.1 Å². The minimum absolute atomic E-state index is 0.0107. The molecule has 1 radical (unpaired) electrons. The lowest BCUT2D eigenvalue weighted by atomic mass is 10.2. The summed E-state index contributed by atoms with van der Waals surface area (Å²) in [4.78, 5) is 10.7. The Balaban J connectivity index is 3.28. The highest BCUT2D eigenvalue weighted by Gasteiger charge is 2.05. The molecular weight excluding hydrogens is 116 g/mol. The lowest BCUT2D eigenvalue weighted by molar-refractivity contribution is -0.124. The van der Waals surface area contributed by atoms with E-state index in [2.05, 4.69) is 5.32 Å². The molecule has 0 aliphatic carbocycles. The summed E-state index contributed by atoms with van der Waals surface area (Å²) in [5, 5.41) is 3.68. The first-order valence-electron chi connectivity index (χ1n) is 3.10. The van der Waals surface area contributed by atoms with E-state index in [-0.39, 0.29) is 11.8 Å². The molecule has 0 aliphatic rings. The molecular formula is C6H13N2O. The number of hydrogen-bond donors (Lipinski definition) is 1. The summed E-state index contributed by atoms with van der Waals surface area (Å²) in [7, 11) is 0. The number of carbonyl (C=O) groups is 1. The molecule has 0 bridgehead atoms. The largest absolute Gasteiger partial charge is 0.329 e. The molecule has 0 aromatic carbocycles. The second-order valence-electron chi connectivity index (χ2n) is 2.16. The van der Waals surface area contributed by atoms with Crippen molar-refractivity contribution < 1.29 is 4.79 Å². The van der Waals surface area contributed by atoms with Crippen molar-refractivity contribution in [3.05, 3.63) is 0 Å². The van der Waals surface area contributed by atoms with Crippen LogP contribution >= 0.6 is 0 Å². The summed E-state index contributed by atoms with van der Waals surface area (Å²) in [5.74, 6) is -0.0444. The van der Waals surface area contributed by atoms with E-state index in [1.807, 2.05) is 13.8 Å². The predicted octanol–water partition coefficient (Wildman–Crippen LogP) is -0.268. The van der Waals surface area contributed by atoms with Gasteiger partial charge in [0.25, 0.3) is 0 Å². The maximum absolute atomic E-state index is 10.7. The highest BCUT2D eigenvalue weighted by atomic mass is 16.1. The SMILES string of the molecule is CC(C)C(=O)[N]CCN. The number of carbonyl (C=O) groups excluding carboxylic acids is 1. The van der Waals surface area contributed by atoms with Crippen molar-refractivity contribution in [2.24, 2.45) is 11.7 Å². The molecule has 0 saturated carbocycles. The quantitative estimate of drug-likeness (QED) is 0.570. The van der Waals surface area contributed by atoms with Gasteiger partial charge in [0.1, 0.15) is 0 Å². The third-order valence-electron chi connectivity index (χ3n) is 0.891. The molecule has 0 spiro atoms. The molecule has 0 saturated heterocycles. The van der Waals surface area contributed by atoms with Crippen molar-refractivity contribution in [1.82, 2.24) is 5.32 Å². The maximum Gasteiger partial charge on any atom is 0.243 e. The Morgan fingerprint density at radius 3 is 2.56 bits per heavy atom. The van der Waals surface area contributed by atoms with Crippen LogP contribution in [0.25, 0.3) is 0 Å². The van der Waals surface area contributed by atoms with Gasteiger partial charge in [-0.25, -0.2) is 5.32 Å². The van der Waals surface area contributed by atoms with E-state index in [4.69, 9.17) is 5.73 Å². The fourth-order valence-electron chi connectivity index (χ4n) is 0.357. The van der Waals surface area contributed by atoms with Crippen LogP contribution in [0.4, 0.5) is 0 Å². The second-order valence-corrected chi connectivity index (χ2v) is 2.16. The Morgan fingerprint density at radius 2 is 2.22 bits per heavy atom. The first-order valence-corrected chi connectivity index (χ1v) is 3.10. The van der Waals surface area contributed by atoms with Crippen LogP contribution in [0.1, 0.15) is 13.8 Å². The Bertz CT molecular complexity index is 91.1. The average molecular weight is 129 g/mol. The molecule has 3 nitrogen and oxygen atoms in total. The molecule has 0 unspecified atom stereocenters. The van der Waals surface area contributed by atoms with Gasteiger partial charge in [-0.1, -0.05) is 13.8 Å². The van der Waals surface area contributed by atoms with E-state index in [0.29, 0.717) is 13.1 Å². The van der Waals surface area contributed by atoms with Gasteiger partial charge in [0.15, 0.2) is 0 Å². The van der Waals surface area contributed by atoms with E-state index in [1.165, 1.54) is 0 Å². The summed E-state index contributed by atoms with van der Waals surface area (Å²) in [5.41, 5.74) is 5.13. The Morgan fingerprint density at radius 1 is 1.67 bits per heavy atom. The summed E-state index contributed by atoms with van der Waals surface area (Å²) in [6.45, 7) is 4.56. The van der Waals surface area contributed by atoms with Crippen LogP contribution in [-0.4, -0.2) is 19.0 Å². The van der Waals surface area contributed by atoms with E-state index in [1.54, 1.807) is 0 Å². The average Bonchev–Trinajstić information content (AvgIpc) is 1.82. The Kier molecular flexibility index (Phi) is 4.05. The van der Waals surface area contributed by atoms with Gasteiger partial charge in [0, 0.05) is 12.5 Å². The monoisotopic (exact) mass is 129 g/mol. The fourth-order valence-corrected chi connectivity index (χ4v) is 0.357. The van der Waals surface area contributed by atoms with Crippen LogP contribution in [0.5, 0.6) is 0 Å². The second kappa shape index (κ2) is 4.32. The van der Waals surface area contributed by atoms with Gasteiger partial charge in [0.05, 0.1) is 6.54 Å². The van der Waals surface area contributed by atoms with Crippen molar-refractivity contribution in [3.8, 4) is 0 Å². The third-order valence-corrected chi connectivity index (χ3v) is 0.891. The van der Waals surface area contributed by atoms with E-state index < -0.39 is 0 Å². The number of rotatable bonds is 3. The summed E-state index contributed by atoms with van der Waals surface area (Å²) in [6.07, 6.45) is 0. The predicted molar refractivity (Wildman–Crippen MR) is 35.9 cm³/mol. The van der Waals surface area contributed by atoms with Crippen LogP contribution in [0, 0.1) is 5.92 Å². The number of amides is 1. The summed E-state index contributed by atoms with van der Waals surface area (Å²) in [6, 6.07) is 0. The smallest absolute Gasteiger partial charge is 0.243 e. The molecule has 0 fully saturated rings. The maximum atomic E-state index is 10.7. The molecule has 3 heteroatoms. The van der Waals surface area contributed by atoms with Gasteiger partial charge in [-0.2, -0.15) is 0 Å². The minimum Gasteiger partial charge on any atom is -0.329 e. The summed E-state index contributed by atoms with van der Waals surface area (Å²) < 4.78 is 0. The van der Waals surface area contributed by atoms with Gasteiger partial charge in [-0.15, -0.1) is 0 Å². The van der Waals surface area contributed by atoms with Crippen LogP contribution < -0.4 is 11.1 Å². The van der Waals surface area contributed by atoms with E-state index in [9.17, 15) is 4.79 Å². The number of hydrogen-bond acceptors (Lipinski definition) is 2. The van der Waals surface area contributed by atoms with Crippen molar-refractivity contribution in [2.45, 2.75) is 13.8 Å². The molecule has 9 heavy (non-hydrogen) atoms. The highest BCUT2D eigenvalue weighted by Crippen LogP contribution is 1.89. The third kappa shape index (κ3) is 3.97. The number of nitrogens with two attached hydrogens (primary N) is 1. The molecule has 2 N–H and O–H groups in total. The Labute approximate surface area is 55.6 Å². The van der Waals surface area contributed by atoms with Gasteiger partial charge in [0.2, 0.25) is 5.91 Å². The van der Waals surface area contributed by atoms with E-state index in [0.717, 1.165) is 0 Å². The van der Waals surface area contributed by atoms with Crippen LogP contribution in [-0.2, 0) is 4.79 Å². The molecule has 0 atom stereocenters. The standard InChI is InChI=1S/C6H13N2O/c1-5(2)6(9)8-4-3-7/h5H,3-4,7H2,1-2H3. The van der Waals surface area contributed by atoms with Crippen LogP contribution in [0.3, 0.4) is 0 Å².